The van der Waals surface area contributed by atoms with Crippen LogP contribution in [-0.2, 0) is 4.74 Å². The lowest BCUT2D eigenvalue weighted by atomic mass is 10.2. The van der Waals surface area contributed by atoms with E-state index in [1.165, 1.54) is 6.42 Å². The molecule has 0 fully saturated rings. The van der Waals surface area contributed by atoms with Crippen molar-refractivity contribution >= 4 is 0 Å². The third-order valence-electron chi connectivity index (χ3n) is 2.02. The minimum absolute atomic E-state index is 0.644. The Morgan fingerprint density at radius 3 is 2.46 bits per heavy atom. The molecular weight excluding hydrogens is 162 g/mol. The molecule has 80 valence electrons. The van der Waals surface area contributed by atoms with Crippen molar-refractivity contribution in [2.24, 2.45) is 5.92 Å². The average Bonchev–Trinajstić information content (AvgIpc) is 2.10. The Morgan fingerprint density at radius 2 is 1.92 bits per heavy atom. The van der Waals surface area contributed by atoms with Crippen molar-refractivity contribution in [2.75, 3.05) is 19.8 Å². The summed E-state index contributed by atoms with van der Waals surface area (Å²) in [6.07, 6.45) is 2.32. The van der Waals surface area contributed by atoms with E-state index in [0.717, 1.165) is 26.2 Å². The zero-order valence-corrected chi connectivity index (χ0v) is 9.60. The van der Waals surface area contributed by atoms with Crippen LogP contribution in [-0.4, -0.2) is 25.8 Å². The maximum atomic E-state index is 5.47. The molecule has 0 amide bonds. The summed E-state index contributed by atoms with van der Waals surface area (Å²) in [6, 6.07) is 0.644. The number of rotatable bonds is 8. The summed E-state index contributed by atoms with van der Waals surface area (Å²) < 4.78 is 5.47. The summed E-state index contributed by atoms with van der Waals surface area (Å²) in [4.78, 5) is 0. The van der Waals surface area contributed by atoms with Crippen LogP contribution in [0.5, 0.6) is 0 Å². The normalized spacial score (nSPS) is 13.6. The summed E-state index contributed by atoms with van der Waals surface area (Å²) in [7, 11) is 0. The molecule has 0 rings (SSSR count). The van der Waals surface area contributed by atoms with E-state index in [4.69, 9.17) is 4.74 Å². The van der Waals surface area contributed by atoms with Crippen LogP contribution in [0.25, 0.3) is 0 Å². The molecule has 0 aromatic carbocycles. The molecule has 0 saturated heterocycles. The number of hydrogen-bond donors (Lipinski definition) is 1. The molecule has 0 aliphatic carbocycles. The van der Waals surface area contributed by atoms with Crippen molar-refractivity contribution in [3.63, 3.8) is 0 Å². The third kappa shape index (κ3) is 9.84. The second-order valence-electron chi connectivity index (χ2n) is 4.09. The Balaban J connectivity index is 2.99. The van der Waals surface area contributed by atoms with Crippen LogP contribution in [0.15, 0.2) is 0 Å². The van der Waals surface area contributed by atoms with E-state index in [2.05, 4.69) is 33.0 Å². The van der Waals surface area contributed by atoms with E-state index in [-0.39, 0.29) is 0 Å². The van der Waals surface area contributed by atoms with E-state index >= 15 is 0 Å². The summed E-state index contributed by atoms with van der Waals surface area (Å²) >= 11 is 0. The maximum Gasteiger partial charge on any atom is 0.0489 e. The second-order valence-corrected chi connectivity index (χ2v) is 4.09. The van der Waals surface area contributed by atoms with Gasteiger partial charge in [0.1, 0.15) is 0 Å². The predicted octanol–water partition coefficient (Wildman–Crippen LogP) is 2.44. The van der Waals surface area contributed by atoms with Crippen LogP contribution in [0.1, 0.15) is 40.5 Å². The zero-order valence-electron chi connectivity index (χ0n) is 9.60. The van der Waals surface area contributed by atoms with Crippen molar-refractivity contribution in [1.29, 1.82) is 0 Å². The van der Waals surface area contributed by atoms with Gasteiger partial charge in [0.2, 0.25) is 0 Å². The number of hydrogen-bond acceptors (Lipinski definition) is 2. The van der Waals surface area contributed by atoms with Crippen LogP contribution in [0.3, 0.4) is 0 Å². The lowest BCUT2D eigenvalue weighted by molar-refractivity contribution is 0.107. The van der Waals surface area contributed by atoms with Gasteiger partial charge in [-0.3, -0.25) is 0 Å². The van der Waals surface area contributed by atoms with E-state index < -0.39 is 0 Å². The minimum atomic E-state index is 0.644. The molecule has 0 radical (unpaired) electrons. The van der Waals surface area contributed by atoms with Gasteiger partial charge in [-0.1, -0.05) is 20.8 Å². The van der Waals surface area contributed by atoms with Gasteiger partial charge in [-0.2, -0.15) is 0 Å². The molecule has 2 heteroatoms. The topological polar surface area (TPSA) is 21.3 Å². The first kappa shape index (κ1) is 12.9. The van der Waals surface area contributed by atoms with Gasteiger partial charge in [0.15, 0.2) is 0 Å². The van der Waals surface area contributed by atoms with Gasteiger partial charge < -0.3 is 10.1 Å². The van der Waals surface area contributed by atoms with Gasteiger partial charge >= 0.3 is 0 Å². The molecule has 0 heterocycles. The minimum Gasteiger partial charge on any atom is -0.381 e. The highest BCUT2D eigenvalue weighted by atomic mass is 16.5. The van der Waals surface area contributed by atoms with Crippen LogP contribution < -0.4 is 5.32 Å². The standard InChI is InChI=1S/C11H25NO/c1-5-11(4)12-7-6-8-13-9-10(2)3/h10-12H,5-9H2,1-4H3. The van der Waals surface area contributed by atoms with Crippen LogP contribution >= 0.6 is 0 Å². The van der Waals surface area contributed by atoms with E-state index in [1.807, 2.05) is 0 Å². The van der Waals surface area contributed by atoms with Gasteiger partial charge in [0.05, 0.1) is 0 Å². The molecular formula is C11H25NO. The van der Waals surface area contributed by atoms with Gasteiger partial charge in [0, 0.05) is 19.3 Å². The van der Waals surface area contributed by atoms with Crippen LogP contribution in [0.4, 0.5) is 0 Å². The molecule has 0 aliphatic rings. The molecule has 0 aliphatic heterocycles. The first-order valence-electron chi connectivity index (χ1n) is 5.48. The summed E-state index contributed by atoms with van der Waals surface area (Å²) in [5.74, 6) is 0.655. The lowest BCUT2D eigenvalue weighted by Gasteiger charge is -2.11. The second kappa shape index (κ2) is 8.52. The van der Waals surface area contributed by atoms with Gasteiger partial charge in [-0.05, 0) is 32.2 Å². The largest absolute Gasteiger partial charge is 0.381 e. The van der Waals surface area contributed by atoms with Crippen molar-refractivity contribution in [3.05, 3.63) is 0 Å². The van der Waals surface area contributed by atoms with Crippen molar-refractivity contribution in [2.45, 2.75) is 46.6 Å². The highest BCUT2D eigenvalue weighted by Gasteiger charge is 1.96. The average molecular weight is 187 g/mol. The molecule has 2 nitrogen and oxygen atoms in total. The number of nitrogens with one attached hydrogen (secondary N) is 1. The van der Waals surface area contributed by atoms with E-state index in [9.17, 15) is 0 Å². The molecule has 0 saturated carbocycles. The van der Waals surface area contributed by atoms with Crippen molar-refractivity contribution in [3.8, 4) is 0 Å². The van der Waals surface area contributed by atoms with Gasteiger partial charge in [-0.25, -0.2) is 0 Å². The van der Waals surface area contributed by atoms with Gasteiger partial charge in [-0.15, -0.1) is 0 Å². The Morgan fingerprint density at radius 1 is 1.23 bits per heavy atom. The Labute approximate surface area is 83.1 Å². The molecule has 1 atom stereocenters. The monoisotopic (exact) mass is 187 g/mol. The van der Waals surface area contributed by atoms with Crippen LogP contribution in [0.2, 0.25) is 0 Å². The quantitative estimate of drug-likeness (QED) is 0.589. The first-order valence-corrected chi connectivity index (χ1v) is 5.48. The molecule has 0 spiro atoms. The molecule has 0 aromatic rings. The fourth-order valence-corrected chi connectivity index (χ4v) is 0.986. The Bertz CT molecular complexity index is 104. The SMILES string of the molecule is CCC(C)NCCCOCC(C)C. The predicted molar refractivity (Wildman–Crippen MR) is 58.0 cm³/mol. The Kier molecular flexibility index (Phi) is 8.46. The third-order valence-corrected chi connectivity index (χ3v) is 2.02. The first-order chi connectivity index (χ1) is 6.16. The highest BCUT2D eigenvalue weighted by molar-refractivity contribution is 4.56. The van der Waals surface area contributed by atoms with E-state index in [1.54, 1.807) is 0 Å². The molecule has 1 N–H and O–H groups in total. The molecule has 1 unspecified atom stereocenters. The van der Waals surface area contributed by atoms with Gasteiger partial charge in [0.25, 0.3) is 0 Å². The highest BCUT2D eigenvalue weighted by Crippen LogP contribution is 1.93. The number of ether oxygens (including phenoxy) is 1. The fraction of sp³-hybridized carbons (Fsp3) is 1.00. The maximum absolute atomic E-state index is 5.47. The smallest absolute Gasteiger partial charge is 0.0489 e. The zero-order chi connectivity index (χ0) is 10.1. The summed E-state index contributed by atoms with van der Waals surface area (Å²) in [5.41, 5.74) is 0. The van der Waals surface area contributed by atoms with Crippen LogP contribution in [0, 0.1) is 5.92 Å². The molecule has 0 aromatic heterocycles. The van der Waals surface area contributed by atoms with Crippen molar-refractivity contribution in [1.82, 2.24) is 5.32 Å². The van der Waals surface area contributed by atoms with E-state index in [0.29, 0.717) is 12.0 Å². The molecule has 13 heavy (non-hydrogen) atoms. The summed E-state index contributed by atoms with van der Waals surface area (Å²) in [6.45, 7) is 11.6. The Hall–Kier alpha value is -0.0800. The molecule has 0 bridgehead atoms. The van der Waals surface area contributed by atoms with Crippen molar-refractivity contribution < 1.29 is 4.74 Å². The fourth-order valence-electron chi connectivity index (χ4n) is 0.986. The lowest BCUT2D eigenvalue weighted by Crippen LogP contribution is -2.26. The summed E-state index contributed by atoms with van der Waals surface area (Å²) in [5, 5.41) is 3.44.